The van der Waals surface area contributed by atoms with Crippen molar-refractivity contribution in [2.24, 2.45) is 5.92 Å². The SMILES string of the molecule is CCO[C@H]1OC(C(=O)N(C)Cc2ccc(F)cc2)=C[C@@H](c2cccs2)[C@H]1CCCO. The summed E-state index contributed by atoms with van der Waals surface area (Å²) in [6.07, 6.45) is 2.69. The topological polar surface area (TPSA) is 59.0 Å². The molecule has 1 aromatic heterocycles. The number of ether oxygens (including phenoxy) is 2. The molecule has 0 bridgehead atoms. The van der Waals surface area contributed by atoms with Crippen molar-refractivity contribution < 1.29 is 23.8 Å². The van der Waals surface area contributed by atoms with E-state index in [4.69, 9.17) is 9.47 Å². The van der Waals surface area contributed by atoms with Gasteiger partial charge in [-0.2, -0.15) is 0 Å². The predicted octanol–water partition coefficient (Wildman–Crippen LogP) is 4.29. The highest BCUT2D eigenvalue weighted by atomic mass is 32.1. The molecular formula is C23H28FNO4S. The Hall–Kier alpha value is -2.22. The maximum absolute atomic E-state index is 13.2. The number of likely N-dealkylation sites (N-methyl/N-ethyl adjacent to an activating group) is 1. The first kappa shape index (κ1) is 22.5. The van der Waals surface area contributed by atoms with Crippen LogP contribution in [0.5, 0.6) is 0 Å². The van der Waals surface area contributed by atoms with Gasteiger partial charge >= 0.3 is 0 Å². The lowest BCUT2D eigenvalue weighted by atomic mass is 9.84. The number of hydrogen-bond donors (Lipinski definition) is 1. The average Bonchev–Trinajstić information content (AvgIpc) is 3.28. The zero-order valence-electron chi connectivity index (χ0n) is 17.3. The Kier molecular flexibility index (Phi) is 8.01. The maximum atomic E-state index is 13.2. The molecule has 5 nitrogen and oxygen atoms in total. The summed E-state index contributed by atoms with van der Waals surface area (Å²) in [5, 5.41) is 11.3. The van der Waals surface area contributed by atoms with Gasteiger partial charge in [0.1, 0.15) is 5.82 Å². The van der Waals surface area contributed by atoms with Crippen LogP contribution in [-0.2, 0) is 20.8 Å². The zero-order chi connectivity index (χ0) is 21.5. The zero-order valence-corrected chi connectivity index (χ0v) is 18.1. The Morgan fingerprint density at radius 3 is 2.70 bits per heavy atom. The van der Waals surface area contributed by atoms with Gasteiger partial charge in [-0.25, -0.2) is 4.39 Å². The van der Waals surface area contributed by atoms with Gasteiger partial charge in [-0.15, -0.1) is 11.3 Å². The first-order chi connectivity index (χ1) is 14.5. The van der Waals surface area contributed by atoms with E-state index in [9.17, 15) is 14.3 Å². The molecule has 0 fully saturated rings. The Balaban J connectivity index is 1.84. The van der Waals surface area contributed by atoms with Crippen LogP contribution in [0.25, 0.3) is 0 Å². The van der Waals surface area contributed by atoms with E-state index in [1.165, 1.54) is 12.1 Å². The molecule has 0 saturated carbocycles. The van der Waals surface area contributed by atoms with Crippen LogP contribution >= 0.6 is 11.3 Å². The minimum absolute atomic E-state index is 0.00899. The third-order valence-electron chi connectivity index (χ3n) is 5.17. The van der Waals surface area contributed by atoms with Crippen molar-refractivity contribution in [3.8, 4) is 0 Å². The number of rotatable bonds is 9. The van der Waals surface area contributed by atoms with Crippen LogP contribution in [0.15, 0.2) is 53.6 Å². The number of nitrogens with zero attached hydrogens (tertiary/aromatic N) is 1. The molecule has 30 heavy (non-hydrogen) atoms. The van der Waals surface area contributed by atoms with E-state index < -0.39 is 6.29 Å². The minimum Gasteiger partial charge on any atom is -0.459 e. The lowest BCUT2D eigenvalue weighted by molar-refractivity contribution is -0.169. The summed E-state index contributed by atoms with van der Waals surface area (Å²) in [6, 6.07) is 10.1. The molecule has 1 aliphatic rings. The molecule has 0 aliphatic carbocycles. The fraction of sp³-hybridized carbons (Fsp3) is 0.435. The number of aliphatic hydroxyl groups excluding tert-OH is 1. The number of thiophene rings is 1. The van der Waals surface area contributed by atoms with Crippen LogP contribution in [0.4, 0.5) is 4.39 Å². The summed E-state index contributed by atoms with van der Waals surface area (Å²) in [5.41, 5.74) is 0.834. The van der Waals surface area contributed by atoms with Crippen LogP contribution in [-0.4, -0.2) is 42.5 Å². The second kappa shape index (κ2) is 10.7. The molecule has 1 N–H and O–H groups in total. The third kappa shape index (κ3) is 5.47. The van der Waals surface area contributed by atoms with Crippen molar-refractivity contribution >= 4 is 17.2 Å². The Bertz CT molecular complexity index is 837. The van der Waals surface area contributed by atoms with Crippen molar-refractivity contribution in [3.05, 3.63) is 69.9 Å². The highest BCUT2D eigenvalue weighted by Crippen LogP contribution is 2.41. The molecule has 3 atom stereocenters. The van der Waals surface area contributed by atoms with E-state index in [-0.39, 0.29) is 35.9 Å². The van der Waals surface area contributed by atoms with E-state index in [2.05, 4.69) is 6.07 Å². The van der Waals surface area contributed by atoms with E-state index >= 15 is 0 Å². The second-order valence-electron chi connectivity index (χ2n) is 7.33. The third-order valence-corrected chi connectivity index (χ3v) is 6.15. The van der Waals surface area contributed by atoms with Crippen molar-refractivity contribution in [2.45, 2.75) is 38.5 Å². The fourth-order valence-electron chi connectivity index (χ4n) is 3.69. The molecule has 0 saturated heterocycles. The van der Waals surface area contributed by atoms with E-state index in [0.717, 1.165) is 16.9 Å². The molecular weight excluding hydrogens is 405 g/mol. The number of carbonyl (C=O) groups is 1. The van der Waals surface area contributed by atoms with Crippen molar-refractivity contribution in [1.29, 1.82) is 0 Å². The van der Waals surface area contributed by atoms with Crippen molar-refractivity contribution in [3.63, 3.8) is 0 Å². The number of carbonyl (C=O) groups excluding carboxylic acids is 1. The predicted molar refractivity (Wildman–Crippen MR) is 114 cm³/mol. The van der Waals surface area contributed by atoms with Crippen LogP contribution in [0, 0.1) is 11.7 Å². The normalized spacial score (nSPS) is 21.1. The largest absolute Gasteiger partial charge is 0.459 e. The number of amides is 1. The van der Waals surface area contributed by atoms with Gasteiger partial charge in [-0.05, 0) is 55.0 Å². The minimum atomic E-state index is -0.558. The molecule has 0 radical (unpaired) electrons. The smallest absolute Gasteiger partial charge is 0.288 e. The second-order valence-corrected chi connectivity index (χ2v) is 8.31. The summed E-state index contributed by atoms with van der Waals surface area (Å²) in [5.74, 6) is -0.309. The summed E-state index contributed by atoms with van der Waals surface area (Å²) in [6.45, 7) is 2.80. The first-order valence-corrected chi connectivity index (χ1v) is 11.1. The van der Waals surface area contributed by atoms with Gasteiger partial charge < -0.3 is 19.5 Å². The van der Waals surface area contributed by atoms with Gasteiger partial charge in [0, 0.05) is 43.5 Å². The average molecular weight is 434 g/mol. The van der Waals surface area contributed by atoms with Crippen LogP contribution < -0.4 is 0 Å². The quantitative estimate of drug-likeness (QED) is 0.641. The van der Waals surface area contributed by atoms with E-state index in [0.29, 0.717) is 19.6 Å². The molecule has 162 valence electrons. The number of allylic oxidation sites excluding steroid dienone is 1. The van der Waals surface area contributed by atoms with Gasteiger partial charge in [0.15, 0.2) is 5.76 Å². The number of hydrogen-bond acceptors (Lipinski definition) is 5. The molecule has 2 heterocycles. The molecule has 0 spiro atoms. The van der Waals surface area contributed by atoms with Gasteiger partial charge in [0.25, 0.3) is 5.91 Å². The highest BCUT2D eigenvalue weighted by Gasteiger charge is 2.38. The lowest BCUT2D eigenvalue weighted by Gasteiger charge is -2.37. The van der Waals surface area contributed by atoms with Crippen LogP contribution in [0.3, 0.4) is 0 Å². The number of benzene rings is 1. The highest BCUT2D eigenvalue weighted by molar-refractivity contribution is 7.10. The number of halogens is 1. The molecule has 1 amide bonds. The molecule has 0 unspecified atom stereocenters. The molecule has 1 aromatic carbocycles. The lowest BCUT2D eigenvalue weighted by Crippen LogP contribution is -2.39. The van der Waals surface area contributed by atoms with Crippen molar-refractivity contribution in [2.75, 3.05) is 20.3 Å². The van der Waals surface area contributed by atoms with E-state index in [1.54, 1.807) is 35.4 Å². The summed E-state index contributed by atoms with van der Waals surface area (Å²) < 4.78 is 25.0. The standard InChI is InChI=1S/C23H28FNO4S/c1-3-28-23-18(6-4-12-26)19(21-7-5-13-30-21)14-20(29-23)22(27)25(2)15-16-8-10-17(24)11-9-16/h5,7-11,13-14,18-19,23,26H,3-4,6,12,15H2,1-2H3/t18-,19-,23+/m1/s1. The monoisotopic (exact) mass is 433 g/mol. The van der Waals surface area contributed by atoms with Gasteiger partial charge in [0.2, 0.25) is 6.29 Å². The molecule has 1 aliphatic heterocycles. The first-order valence-electron chi connectivity index (χ1n) is 10.2. The van der Waals surface area contributed by atoms with Crippen LogP contribution in [0.2, 0.25) is 0 Å². The summed E-state index contributed by atoms with van der Waals surface area (Å²) in [4.78, 5) is 15.8. The Morgan fingerprint density at radius 1 is 1.30 bits per heavy atom. The maximum Gasteiger partial charge on any atom is 0.288 e. The molecule has 2 aromatic rings. The van der Waals surface area contributed by atoms with Crippen molar-refractivity contribution in [1.82, 2.24) is 4.90 Å². The van der Waals surface area contributed by atoms with Gasteiger partial charge in [-0.3, -0.25) is 4.79 Å². The summed E-state index contributed by atoms with van der Waals surface area (Å²) in [7, 11) is 1.70. The van der Waals surface area contributed by atoms with Gasteiger partial charge in [-0.1, -0.05) is 18.2 Å². The molecule has 7 heteroatoms. The van der Waals surface area contributed by atoms with E-state index in [1.807, 2.05) is 24.4 Å². The van der Waals surface area contributed by atoms with Crippen LogP contribution in [0.1, 0.15) is 36.1 Å². The Labute approximate surface area is 180 Å². The number of aliphatic hydroxyl groups is 1. The fourth-order valence-corrected chi connectivity index (χ4v) is 4.56. The Morgan fingerprint density at radius 2 is 2.07 bits per heavy atom. The summed E-state index contributed by atoms with van der Waals surface area (Å²) >= 11 is 1.63. The molecule has 3 rings (SSSR count). The van der Waals surface area contributed by atoms with Gasteiger partial charge in [0.05, 0.1) is 0 Å².